The van der Waals surface area contributed by atoms with Crippen LogP contribution in [0.4, 0.5) is 0 Å². The zero-order valence-electron chi connectivity index (χ0n) is 6.31. The summed E-state index contributed by atoms with van der Waals surface area (Å²) < 4.78 is 0. The Labute approximate surface area is 61.0 Å². The highest BCUT2D eigenvalue weighted by molar-refractivity contribution is 5.86. The molecule has 1 aliphatic heterocycles. The van der Waals surface area contributed by atoms with Gasteiger partial charge in [0.05, 0.1) is 6.54 Å². The fourth-order valence-corrected chi connectivity index (χ4v) is 1.30. The van der Waals surface area contributed by atoms with Crippen molar-refractivity contribution in [3.05, 3.63) is 0 Å². The number of carbonyl (C=O) groups is 1. The third-order valence-corrected chi connectivity index (χ3v) is 2.23. The molecule has 0 aliphatic carbocycles. The van der Waals surface area contributed by atoms with E-state index in [0.29, 0.717) is 0 Å². The molecule has 0 aromatic heterocycles. The largest absolute Gasteiger partial charge is 0.324 e. The quantitative estimate of drug-likeness (QED) is 0.547. The Morgan fingerprint density at radius 1 is 1.80 bits per heavy atom. The second-order valence-corrected chi connectivity index (χ2v) is 3.11. The first-order chi connectivity index (χ1) is 4.69. The zero-order valence-corrected chi connectivity index (χ0v) is 6.31. The second-order valence-electron chi connectivity index (χ2n) is 3.11. The number of rotatable bonds is 2. The molecule has 0 bridgehead atoms. The minimum Gasteiger partial charge on any atom is -0.324 e. The van der Waals surface area contributed by atoms with Crippen LogP contribution in [-0.2, 0) is 4.79 Å². The molecule has 0 amide bonds. The third-order valence-electron chi connectivity index (χ3n) is 2.23. The molecular weight excluding hydrogens is 128 g/mol. The lowest BCUT2D eigenvalue weighted by Gasteiger charge is -2.18. The normalized spacial score (nSPS) is 32.6. The molecule has 3 N–H and O–H groups in total. The molecule has 0 aromatic carbocycles. The predicted molar refractivity (Wildman–Crippen MR) is 39.7 cm³/mol. The van der Waals surface area contributed by atoms with Crippen molar-refractivity contribution < 1.29 is 4.79 Å². The molecule has 0 radical (unpaired) electrons. The molecule has 58 valence electrons. The van der Waals surface area contributed by atoms with Crippen molar-refractivity contribution in [2.75, 3.05) is 19.6 Å². The van der Waals surface area contributed by atoms with Gasteiger partial charge in [-0.3, -0.25) is 4.79 Å². The zero-order chi connectivity index (χ0) is 7.61. The van der Waals surface area contributed by atoms with Crippen LogP contribution in [0.5, 0.6) is 0 Å². The van der Waals surface area contributed by atoms with Gasteiger partial charge in [-0.25, -0.2) is 0 Å². The van der Waals surface area contributed by atoms with Gasteiger partial charge < -0.3 is 11.1 Å². The Morgan fingerprint density at radius 2 is 2.50 bits per heavy atom. The Bertz CT molecular complexity index is 139. The molecule has 0 saturated carbocycles. The fourth-order valence-electron chi connectivity index (χ4n) is 1.30. The maximum absolute atomic E-state index is 11.2. The van der Waals surface area contributed by atoms with Crippen molar-refractivity contribution in [3.8, 4) is 0 Å². The van der Waals surface area contributed by atoms with Crippen molar-refractivity contribution in [1.82, 2.24) is 5.32 Å². The molecule has 1 heterocycles. The highest BCUT2D eigenvalue weighted by Gasteiger charge is 2.34. The highest BCUT2D eigenvalue weighted by Crippen LogP contribution is 2.24. The number of nitrogens with one attached hydrogen (secondary N) is 1. The van der Waals surface area contributed by atoms with E-state index in [1.54, 1.807) is 0 Å². The molecule has 1 rings (SSSR count). The summed E-state index contributed by atoms with van der Waals surface area (Å²) in [6.07, 6.45) is 0.934. The van der Waals surface area contributed by atoms with Gasteiger partial charge >= 0.3 is 0 Å². The van der Waals surface area contributed by atoms with Crippen molar-refractivity contribution in [2.24, 2.45) is 11.1 Å². The van der Waals surface area contributed by atoms with E-state index in [1.165, 1.54) is 0 Å². The lowest BCUT2D eigenvalue weighted by atomic mass is 9.85. The Morgan fingerprint density at radius 3 is 2.90 bits per heavy atom. The minimum absolute atomic E-state index is 0.172. The maximum atomic E-state index is 11.2. The molecule has 10 heavy (non-hydrogen) atoms. The van der Waals surface area contributed by atoms with Gasteiger partial charge in [-0.2, -0.15) is 0 Å². The number of carbonyl (C=O) groups excluding carboxylic acids is 1. The summed E-state index contributed by atoms with van der Waals surface area (Å²) in [5, 5.41) is 3.15. The monoisotopic (exact) mass is 142 g/mol. The van der Waals surface area contributed by atoms with Crippen LogP contribution < -0.4 is 11.1 Å². The molecule has 1 atom stereocenters. The molecule has 1 fully saturated rings. The van der Waals surface area contributed by atoms with E-state index in [9.17, 15) is 4.79 Å². The maximum Gasteiger partial charge on any atom is 0.153 e. The summed E-state index contributed by atoms with van der Waals surface area (Å²) >= 11 is 0. The van der Waals surface area contributed by atoms with Crippen molar-refractivity contribution in [3.63, 3.8) is 0 Å². The van der Waals surface area contributed by atoms with Gasteiger partial charge in [-0.05, 0) is 13.0 Å². The van der Waals surface area contributed by atoms with Crippen LogP contribution in [-0.4, -0.2) is 25.4 Å². The average Bonchev–Trinajstić information content (AvgIpc) is 2.36. The number of hydrogen-bond donors (Lipinski definition) is 2. The SMILES string of the molecule is CC1(C(=O)CN)CCNC1. The van der Waals surface area contributed by atoms with Crippen LogP contribution in [0.25, 0.3) is 0 Å². The number of ketones is 1. The number of Topliss-reactive ketones (excluding diaryl/α,β-unsaturated/α-hetero) is 1. The Hall–Kier alpha value is -0.410. The first kappa shape index (κ1) is 7.69. The van der Waals surface area contributed by atoms with E-state index in [-0.39, 0.29) is 17.7 Å². The lowest BCUT2D eigenvalue weighted by Crippen LogP contribution is -2.35. The van der Waals surface area contributed by atoms with Gasteiger partial charge in [0.15, 0.2) is 5.78 Å². The Balaban J connectivity index is 2.58. The van der Waals surface area contributed by atoms with Crippen molar-refractivity contribution in [1.29, 1.82) is 0 Å². The van der Waals surface area contributed by atoms with E-state index in [1.807, 2.05) is 6.92 Å². The standard InChI is InChI=1S/C7H14N2O/c1-7(6(10)4-8)2-3-9-5-7/h9H,2-5,8H2,1H3. The molecule has 3 heteroatoms. The van der Waals surface area contributed by atoms with Gasteiger partial charge in [0.2, 0.25) is 0 Å². The first-order valence-corrected chi connectivity index (χ1v) is 3.63. The van der Waals surface area contributed by atoms with Crippen molar-refractivity contribution in [2.45, 2.75) is 13.3 Å². The van der Waals surface area contributed by atoms with E-state index in [0.717, 1.165) is 19.5 Å². The van der Waals surface area contributed by atoms with E-state index in [4.69, 9.17) is 5.73 Å². The molecule has 1 saturated heterocycles. The highest BCUT2D eigenvalue weighted by atomic mass is 16.1. The number of hydrogen-bond acceptors (Lipinski definition) is 3. The van der Waals surface area contributed by atoms with Gasteiger partial charge in [0.1, 0.15) is 0 Å². The predicted octanol–water partition coefficient (Wildman–Crippen LogP) is -0.486. The van der Waals surface area contributed by atoms with Gasteiger partial charge in [0.25, 0.3) is 0 Å². The Kier molecular flexibility index (Phi) is 2.06. The summed E-state index contributed by atoms with van der Waals surface area (Å²) in [5.41, 5.74) is 5.09. The summed E-state index contributed by atoms with van der Waals surface area (Å²) in [4.78, 5) is 11.2. The van der Waals surface area contributed by atoms with Crippen LogP contribution in [0.2, 0.25) is 0 Å². The van der Waals surface area contributed by atoms with E-state index in [2.05, 4.69) is 5.32 Å². The van der Waals surface area contributed by atoms with Gasteiger partial charge in [-0.15, -0.1) is 0 Å². The topological polar surface area (TPSA) is 55.1 Å². The number of nitrogens with two attached hydrogens (primary N) is 1. The molecule has 1 unspecified atom stereocenters. The first-order valence-electron chi connectivity index (χ1n) is 3.63. The summed E-state index contributed by atoms with van der Waals surface area (Å²) in [6, 6.07) is 0. The van der Waals surface area contributed by atoms with Crippen LogP contribution in [0.15, 0.2) is 0 Å². The summed E-state index contributed by atoms with van der Waals surface area (Å²) in [5.74, 6) is 0.178. The third kappa shape index (κ3) is 1.20. The molecule has 1 aliphatic rings. The van der Waals surface area contributed by atoms with E-state index >= 15 is 0 Å². The fraction of sp³-hybridized carbons (Fsp3) is 0.857. The van der Waals surface area contributed by atoms with Crippen molar-refractivity contribution >= 4 is 5.78 Å². The minimum atomic E-state index is -0.172. The summed E-state index contributed by atoms with van der Waals surface area (Å²) in [6.45, 7) is 3.89. The molecule has 3 nitrogen and oxygen atoms in total. The second kappa shape index (κ2) is 2.68. The smallest absolute Gasteiger partial charge is 0.153 e. The van der Waals surface area contributed by atoms with Crippen LogP contribution in [0.1, 0.15) is 13.3 Å². The molecule has 0 aromatic rings. The lowest BCUT2D eigenvalue weighted by molar-refractivity contribution is -0.125. The van der Waals surface area contributed by atoms with Gasteiger partial charge in [-0.1, -0.05) is 6.92 Å². The average molecular weight is 142 g/mol. The molecular formula is C7H14N2O. The summed E-state index contributed by atoms with van der Waals surface area (Å²) in [7, 11) is 0. The van der Waals surface area contributed by atoms with Crippen LogP contribution in [0.3, 0.4) is 0 Å². The van der Waals surface area contributed by atoms with Gasteiger partial charge in [0, 0.05) is 12.0 Å². The molecule has 0 spiro atoms. The van der Waals surface area contributed by atoms with E-state index < -0.39 is 0 Å². The van der Waals surface area contributed by atoms with Crippen LogP contribution in [0, 0.1) is 5.41 Å². The van der Waals surface area contributed by atoms with Crippen LogP contribution >= 0.6 is 0 Å².